The first-order chi connectivity index (χ1) is 15.0. The molecule has 6 nitrogen and oxygen atoms in total. The summed E-state index contributed by atoms with van der Waals surface area (Å²) >= 11 is -1.40. The lowest BCUT2D eigenvalue weighted by Gasteiger charge is -2.31. The second-order valence-electron chi connectivity index (χ2n) is 7.62. The fraction of sp³-hybridized carbons (Fsp3) is 0.455. The lowest BCUT2D eigenvalue weighted by Crippen LogP contribution is -2.48. The first-order valence-electron chi connectivity index (χ1n) is 9.93. The normalized spacial score (nSPS) is 14.8. The van der Waals surface area contributed by atoms with E-state index >= 15 is 0 Å². The molecule has 1 amide bonds. The zero-order valence-corrected chi connectivity index (χ0v) is 19.1. The molecule has 2 aromatic rings. The van der Waals surface area contributed by atoms with Crippen LogP contribution in [0.15, 0.2) is 42.6 Å². The Kier molecular flexibility index (Phi) is 9.35. The molecule has 0 spiro atoms. The standard InChI is InChI=1S/C22H27F3N2O4S/c1-14(31-32(4)29)18-10-9-17(13-26-18)15-5-7-16(8-6-15)19(11-12-23)30-22(2,3)27-21(28)20(24)25/h5-10,13-14,19-20H,11-12H2,1-4H3,(H,27,28). The Morgan fingerprint density at radius 3 is 2.28 bits per heavy atom. The fourth-order valence-corrected chi connectivity index (χ4v) is 3.59. The summed E-state index contributed by atoms with van der Waals surface area (Å²) in [5, 5.41) is 2.11. The van der Waals surface area contributed by atoms with Crippen molar-refractivity contribution in [1.29, 1.82) is 0 Å². The predicted molar refractivity (Wildman–Crippen MR) is 116 cm³/mol. The number of carbonyl (C=O) groups is 1. The Morgan fingerprint density at radius 1 is 1.16 bits per heavy atom. The van der Waals surface area contributed by atoms with Crippen LogP contribution in [0.1, 0.15) is 50.7 Å². The third-order valence-electron chi connectivity index (χ3n) is 4.53. The van der Waals surface area contributed by atoms with Crippen LogP contribution in [0.25, 0.3) is 11.1 Å². The van der Waals surface area contributed by atoms with E-state index in [0.29, 0.717) is 11.3 Å². The molecule has 0 aliphatic rings. The number of nitrogens with zero attached hydrogens (tertiary/aromatic N) is 1. The number of rotatable bonds is 11. The summed E-state index contributed by atoms with van der Waals surface area (Å²) in [7, 11) is 0. The van der Waals surface area contributed by atoms with E-state index in [2.05, 4.69) is 10.3 Å². The Bertz CT molecular complexity index is 908. The zero-order valence-electron chi connectivity index (χ0n) is 18.3. The number of benzene rings is 1. The number of carbonyl (C=O) groups excluding carboxylic acids is 1. The molecule has 3 atom stereocenters. The van der Waals surface area contributed by atoms with Crippen LogP contribution in [0.2, 0.25) is 0 Å². The maximum absolute atomic E-state index is 13.1. The van der Waals surface area contributed by atoms with Crippen molar-refractivity contribution >= 4 is 17.0 Å². The number of pyridine rings is 1. The first-order valence-corrected chi connectivity index (χ1v) is 11.4. The van der Waals surface area contributed by atoms with E-state index < -0.39 is 48.0 Å². The van der Waals surface area contributed by atoms with Crippen molar-refractivity contribution in [1.82, 2.24) is 10.3 Å². The second-order valence-corrected chi connectivity index (χ2v) is 8.61. The fourth-order valence-electron chi connectivity index (χ4n) is 3.09. The Balaban J connectivity index is 2.14. The zero-order chi connectivity index (χ0) is 23.9. The minimum Gasteiger partial charge on any atom is -0.348 e. The molecule has 0 aliphatic carbocycles. The summed E-state index contributed by atoms with van der Waals surface area (Å²) in [4.78, 5) is 15.7. The molecule has 32 heavy (non-hydrogen) atoms. The summed E-state index contributed by atoms with van der Waals surface area (Å²) in [6.45, 7) is 3.94. The highest BCUT2D eigenvalue weighted by molar-refractivity contribution is 7.79. The molecule has 0 fully saturated rings. The summed E-state index contributed by atoms with van der Waals surface area (Å²) in [5.74, 6) is -1.45. The number of hydrogen-bond acceptors (Lipinski definition) is 5. The van der Waals surface area contributed by atoms with E-state index in [0.717, 1.165) is 11.1 Å². The van der Waals surface area contributed by atoms with Crippen molar-refractivity contribution in [2.45, 2.75) is 51.6 Å². The van der Waals surface area contributed by atoms with Gasteiger partial charge in [-0.15, -0.1) is 0 Å². The van der Waals surface area contributed by atoms with Crippen LogP contribution < -0.4 is 5.32 Å². The van der Waals surface area contributed by atoms with Crippen LogP contribution >= 0.6 is 0 Å². The Hall–Kier alpha value is -2.30. The number of aromatic nitrogens is 1. The molecule has 0 bridgehead atoms. The summed E-state index contributed by atoms with van der Waals surface area (Å²) in [6, 6.07) is 10.8. The Morgan fingerprint density at radius 2 is 1.78 bits per heavy atom. The highest BCUT2D eigenvalue weighted by Gasteiger charge is 2.29. The van der Waals surface area contributed by atoms with Gasteiger partial charge in [0.2, 0.25) is 0 Å². The van der Waals surface area contributed by atoms with Gasteiger partial charge in [0.25, 0.3) is 5.91 Å². The molecule has 3 unspecified atom stereocenters. The van der Waals surface area contributed by atoms with E-state index in [1.165, 1.54) is 20.1 Å². The molecule has 1 N–H and O–H groups in total. The number of amides is 1. The molecule has 0 saturated heterocycles. The monoisotopic (exact) mass is 472 g/mol. The van der Waals surface area contributed by atoms with Crippen LogP contribution in [0, 0.1) is 0 Å². The van der Waals surface area contributed by atoms with Gasteiger partial charge in [-0.1, -0.05) is 30.3 Å². The van der Waals surface area contributed by atoms with Gasteiger partial charge in [0.15, 0.2) is 11.1 Å². The van der Waals surface area contributed by atoms with Gasteiger partial charge < -0.3 is 10.1 Å². The molecular formula is C22H27F3N2O4S. The van der Waals surface area contributed by atoms with Gasteiger partial charge in [0, 0.05) is 24.4 Å². The number of nitrogens with one attached hydrogen (secondary N) is 1. The highest BCUT2D eigenvalue weighted by atomic mass is 32.2. The summed E-state index contributed by atoms with van der Waals surface area (Å²) in [6.07, 6.45) is -1.21. The van der Waals surface area contributed by atoms with Crippen LogP contribution in [0.5, 0.6) is 0 Å². The maximum Gasteiger partial charge on any atom is 0.315 e. The molecule has 0 saturated carbocycles. The third-order valence-corrected chi connectivity index (χ3v) is 5.09. The van der Waals surface area contributed by atoms with Crippen molar-refractivity contribution in [3.05, 3.63) is 53.9 Å². The van der Waals surface area contributed by atoms with Crippen LogP contribution in [0.3, 0.4) is 0 Å². The quantitative estimate of drug-likeness (QED) is 0.482. The Labute approximate surface area is 188 Å². The number of ether oxygens (including phenoxy) is 1. The van der Waals surface area contributed by atoms with Crippen molar-refractivity contribution in [2.75, 3.05) is 12.9 Å². The molecule has 1 aromatic heterocycles. The molecular weight excluding hydrogens is 445 g/mol. The average Bonchev–Trinajstić information content (AvgIpc) is 2.72. The van der Waals surface area contributed by atoms with E-state index in [1.54, 1.807) is 31.3 Å². The van der Waals surface area contributed by atoms with E-state index in [9.17, 15) is 22.2 Å². The average molecular weight is 473 g/mol. The van der Waals surface area contributed by atoms with Crippen LogP contribution in [-0.2, 0) is 24.8 Å². The maximum atomic E-state index is 13.1. The smallest absolute Gasteiger partial charge is 0.315 e. The van der Waals surface area contributed by atoms with E-state index in [4.69, 9.17) is 8.92 Å². The molecule has 2 rings (SSSR count). The molecule has 176 valence electrons. The second kappa shape index (κ2) is 11.5. The number of alkyl halides is 3. The lowest BCUT2D eigenvalue weighted by atomic mass is 10.0. The van der Waals surface area contributed by atoms with Gasteiger partial charge in [0.1, 0.15) is 11.8 Å². The lowest BCUT2D eigenvalue weighted by molar-refractivity contribution is -0.148. The van der Waals surface area contributed by atoms with Crippen molar-refractivity contribution in [3.63, 3.8) is 0 Å². The first kappa shape index (κ1) is 26.0. The summed E-state index contributed by atoms with van der Waals surface area (Å²) in [5.41, 5.74) is 1.56. The number of hydrogen-bond donors (Lipinski definition) is 1. The largest absolute Gasteiger partial charge is 0.348 e. The minimum atomic E-state index is -3.17. The van der Waals surface area contributed by atoms with E-state index in [1.807, 2.05) is 18.2 Å². The van der Waals surface area contributed by atoms with Crippen molar-refractivity contribution in [3.8, 4) is 11.1 Å². The van der Waals surface area contributed by atoms with Crippen LogP contribution in [-0.4, -0.2) is 40.2 Å². The van der Waals surface area contributed by atoms with Gasteiger partial charge >= 0.3 is 6.43 Å². The predicted octanol–water partition coefficient (Wildman–Crippen LogP) is 4.65. The SMILES string of the molecule is CC(OS(C)=O)c1ccc(-c2ccc(C(CCF)OC(C)(C)NC(=O)C(F)F)cc2)cn1. The van der Waals surface area contributed by atoms with Gasteiger partial charge in [-0.25, -0.2) is 4.21 Å². The van der Waals surface area contributed by atoms with E-state index in [-0.39, 0.29) is 6.42 Å². The van der Waals surface area contributed by atoms with Crippen molar-refractivity contribution < 1.29 is 31.1 Å². The molecule has 1 aromatic carbocycles. The highest BCUT2D eigenvalue weighted by Crippen LogP contribution is 2.29. The topological polar surface area (TPSA) is 77.5 Å². The van der Waals surface area contributed by atoms with Gasteiger partial charge in [0.05, 0.1) is 18.5 Å². The molecule has 0 radical (unpaired) electrons. The minimum absolute atomic E-state index is 0.000264. The summed E-state index contributed by atoms with van der Waals surface area (Å²) < 4.78 is 60.3. The van der Waals surface area contributed by atoms with Gasteiger partial charge in [-0.05, 0) is 38.0 Å². The molecule has 1 heterocycles. The van der Waals surface area contributed by atoms with Gasteiger partial charge in [-0.2, -0.15) is 8.78 Å². The molecule has 10 heteroatoms. The molecule has 0 aliphatic heterocycles. The van der Waals surface area contributed by atoms with Crippen LogP contribution in [0.4, 0.5) is 13.2 Å². The number of halogens is 3. The van der Waals surface area contributed by atoms with Gasteiger partial charge in [-0.3, -0.25) is 18.4 Å². The van der Waals surface area contributed by atoms with Crippen molar-refractivity contribution in [2.24, 2.45) is 0 Å². The third kappa shape index (κ3) is 7.68.